The van der Waals surface area contributed by atoms with Gasteiger partial charge in [-0.1, -0.05) is 35.9 Å². The summed E-state index contributed by atoms with van der Waals surface area (Å²) in [7, 11) is 0. The van der Waals surface area contributed by atoms with Crippen molar-refractivity contribution in [1.82, 2.24) is 19.5 Å². The number of rotatable bonds is 1. The van der Waals surface area contributed by atoms with Gasteiger partial charge in [-0.15, -0.1) is 0 Å². The first-order valence-electron chi connectivity index (χ1n) is 6.37. The van der Waals surface area contributed by atoms with Crippen molar-refractivity contribution in [2.75, 3.05) is 0 Å². The smallest absolute Gasteiger partial charge is 0.225 e. The molecule has 6 heteroatoms. The zero-order valence-corrected chi connectivity index (χ0v) is 11.9. The maximum absolute atomic E-state index is 6.07. The van der Waals surface area contributed by atoms with Crippen molar-refractivity contribution >= 4 is 34.4 Å². The molecule has 0 saturated heterocycles. The van der Waals surface area contributed by atoms with E-state index < -0.39 is 0 Å². The van der Waals surface area contributed by atoms with Gasteiger partial charge in [-0.05, 0) is 35.6 Å². The summed E-state index contributed by atoms with van der Waals surface area (Å²) in [5.41, 5.74) is 3.99. The lowest BCUT2D eigenvalue weighted by Gasteiger charge is -2.14. The van der Waals surface area contributed by atoms with Crippen molar-refractivity contribution in [3.8, 4) is 0 Å². The lowest BCUT2D eigenvalue weighted by molar-refractivity contribution is 0.591. The number of benzene rings is 1. The van der Waals surface area contributed by atoms with Crippen LogP contribution in [0.4, 0.5) is 0 Å². The molecule has 2 heterocycles. The van der Waals surface area contributed by atoms with E-state index in [1.54, 1.807) is 6.33 Å². The average Bonchev–Trinajstić information content (AvgIpc) is 3.02. The second-order valence-corrected chi connectivity index (χ2v) is 5.56. The molecular formula is C14H10Cl2N4. The number of fused-ring (bicyclic) bond motifs is 2. The number of aryl methyl sites for hydroxylation is 1. The third kappa shape index (κ3) is 1.72. The highest BCUT2D eigenvalue weighted by atomic mass is 35.5. The summed E-state index contributed by atoms with van der Waals surface area (Å²) >= 11 is 12.0. The Bertz CT molecular complexity index is 812. The first-order chi connectivity index (χ1) is 9.74. The summed E-state index contributed by atoms with van der Waals surface area (Å²) in [4.78, 5) is 12.5. The minimum Gasteiger partial charge on any atom is -0.307 e. The molecule has 0 aliphatic heterocycles. The molecule has 100 valence electrons. The fraction of sp³-hybridized carbons (Fsp3) is 0.214. The summed E-state index contributed by atoms with van der Waals surface area (Å²) < 4.78 is 2.04. The van der Waals surface area contributed by atoms with Crippen molar-refractivity contribution < 1.29 is 0 Å². The molecule has 0 radical (unpaired) electrons. The van der Waals surface area contributed by atoms with Crippen LogP contribution in [0.5, 0.6) is 0 Å². The van der Waals surface area contributed by atoms with Crippen LogP contribution in [-0.2, 0) is 6.42 Å². The van der Waals surface area contributed by atoms with Gasteiger partial charge in [0.25, 0.3) is 0 Å². The Morgan fingerprint density at radius 3 is 2.90 bits per heavy atom. The van der Waals surface area contributed by atoms with E-state index in [0.717, 1.165) is 12.8 Å². The summed E-state index contributed by atoms with van der Waals surface area (Å²) in [5.74, 6) is 0. The maximum Gasteiger partial charge on any atom is 0.225 e. The van der Waals surface area contributed by atoms with E-state index in [9.17, 15) is 0 Å². The summed E-state index contributed by atoms with van der Waals surface area (Å²) in [6, 6.07) is 8.69. The highest BCUT2D eigenvalue weighted by molar-refractivity contribution is 6.35. The van der Waals surface area contributed by atoms with E-state index in [1.807, 2.05) is 4.57 Å². The minimum absolute atomic E-state index is 0.149. The van der Waals surface area contributed by atoms with Gasteiger partial charge in [0.05, 0.1) is 12.4 Å². The van der Waals surface area contributed by atoms with Crippen LogP contribution in [0.15, 0.2) is 30.6 Å². The second kappa shape index (κ2) is 4.43. The van der Waals surface area contributed by atoms with E-state index in [0.29, 0.717) is 16.3 Å². The Balaban J connectivity index is 1.92. The first kappa shape index (κ1) is 12.1. The number of hydrogen-bond acceptors (Lipinski definition) is 3. The topological polar surface area (TPSA) is 43.6 Å². The quantitative estimate of drug-likeness (QED) is 0.509. The van der Waals surface area contributed by atoms with Crippen LogP contribution in [0.2, 0.25) is 10.4 Å². The van der Waals surface area contributed by atoms with Crippen LogP contribution >= 0.6 is 23.2 Å². The molecule has 2 aromatic heterocycles. The molecule has 0 N–H and O–H groups in total. The van der Waals surface area contributed by atoms with Crippen molar-refractivity contribution in [2.45, 2.75) is 18.9 Å². The fourth-order valence-electron chi connectivity index (χ4n) is 2.91. The van der Waals surface area contributed by atoms with Crippen molar-refractivity contribution in [3.05, 3.63) is 52.2 Å². The average molecular weight is 305 g/mol. The van der Waals surface area contributed by atoms with Gasteiger partial charge in [0.1, 0.15) is 5.52 Å². The van der Waals surface area contributed by atoms with Crippen molar-refractivity contribution in [3.63, 3.8) is 0 Å². The second-order valence-electron chi connectivity index (χ2n) is 4.86. The van der Waals surface area contributed by atoms with Crippen LogP contribution in [0.3, 0.4) is 0 Å². The molecule has 1 aliphatic rings. The molecule has 20 heavy (non-hydrogen) atoms. The molecule has 3 aromatic rings. The molecule has 0 spiro atoms. The Labute approximate surface area is 125 Å². The fourth-order valence-corrected chi connectivity index (χ4v) is 3.33. The van der Waals surface area contributed by atoms with Gasteiger partial charge in [0, 0.05) is 0 Å². The summed E-state index contributed by atoms with van der Waals surface area (Å²) in [6.07, 6.45) is 3.87. The molecule has 0 bridgehead atoms. The number of aromatic nitrogens is 4. The number of imidazole rings is 1. The summed E-state index contributed by atoms with van der Waals surface area (Å²) in [5, 5.41) is 0.445. The monoisotopic (exact) mass is 304 g/mol. The molecule has 4 nitrogen and oxygen atoms in total. The lowest BCUT2D eigenvalue weighted by Crippen LogP contribution is -2.07. The van der Waals surface area contributed by atoms with Crippen LogP contribution in [-0.4, -0.2) is 19.5 Å². The predicted molar refractivity (Wildman–Crippen MR) is 78.2 cm³/mol. The molecule has 1 atom stereocenters. The van der Waals surface area contributed by atoms with Crippen LogP contribution in [0, 0.1) is 0 Å². The minimum atomic E-state index is 0.149. The number of halogens is 2. The first-order valence-corrected chi connectivity index (χ1v) is 7.13. The third-order valence-corrected chi connectivity index (χ3v) is 4.22. The van der Waals surface area contributed by atoms with Gasteiger partial charge in [0.2, 0.25) is 5.28 Å². The molecule has 0 fully saturated rings. The van der Waals surface area contributed by atoms with Gasteiger partial charge in [-0.2, -0.15) is 4.98 Å². The number of nitrogens with zero attached hydrogens (tertiary/aromatic N) is 4. The molecule has 1 aliphatic carbocycles. The Morgan fingerprint density at radius 1 is 1.15 bits per heavy atom. The van der Waals surface area contributed by atoms with E-state index in [-0.39, 0.29) is 11.3 Å². The zero-order chi connectivity index (χ0) is 13.7. The highest BCUT2D eigenvalue weighted by Crippen LogP contribution is 2.36. The van der Waals surface area contributed by atoms with E-state index >= 15 is 0 Å². The normalized spacial score (nSPS) is 17.6. The van der Waals surface area contributed by atoms with Crippen LogP contribution < -0.4 is 0 Å². The van der Waals surface area contributed by atoms with Crippen LogP contribution in [0.1, 0.15) is 23.6 Å². The van der Waals surface area contributed by atoms with Crippen LogP contribution in [0.25, 0.3) is 11.2 Å². The van der Waals surface area contributed by atoms with E-state index in [2.05, 4.69) is 39.2 Å². The molecule has 0 amide bonds. The lowest BCUT2D eigenvalue weighted by atomic mass is 10.1. The molecule has 1 aromatic carbocycles. The Morgan fingerprint density at radius 2 is 2.00 bits per heavy atom. The maximum atomic E-state index is 6.07. The summed E-state index contributed by atoms with van der Waals surface area (Å²) in [6.45, 7) is 0. The standard InChI is InChI=1S/C14H10Cl2N4/c15-12-11-13(19-14(16)18-12)20(7-17-11)10-6-5-8-3-1-2-4-9(8)10/h1-4,7,10H,5-6H2. The molecule has 4 rings (SSSR count). The molecule has 0 saturated carbocycles. The SMILES string of the molecule is Clc1nc(Cl)c2ncn(C3CCc4ccccc43)c2n1. The van der Waals surface area contributed by atoms with Gasteiger partial charge in [-0.25, -0.2) is 9.97 Å². The number of hydrogen-bond donors (Lipinski definition) is 0. The van der Waals surface area contributed by atoms with E-state index in [4.69, 9.17) is 23.2 Å². The Hall–Kier alpha value is -1.65. The van der Waals surface area contributed by atoms with Gasteiger partial charge >= 0.3 is 0 Å². The van der Waals surface area contributed by atoms with Gasteiger partial charge in [-0.3, -0.25) is 0 Å². The van der Waals surface area contributed by atoms with Crippen molar-refractivity contribution in [2.24, 2.45) is 0 Å². The molecule has 1 unspecified atom stereocenters. The van der Waals surface area contributed by atoms with Gasteiger partial charge in [0.15, 0.2) is 10.8 Å². The highest BCUT2D eigenvalue weighted by Gasteiger charge is 2.25. The van der Waals surface area contributed by atoms with E-state index in [1.165, 1.54) is 11.1 Å². The predicted octanol–water partition coefficient (Wildman–Crippen LogP) is 3.67. The third-order valence-electron chi connectivity index (χ3n) is 3.79. The zero-order valence-electron chi connectivity index (χ0n) is 10.4. The largest absolute Gasteiger partial charge is 0.307 e. The Kier molecular flexibility index (Phi) is 2.69. The van der Waals surface area contributed by atoms with Crippen molar-refractivity contribution in [1.29, 1.82) is 0 Å². The van der Waals surface area contributed by atoms with Gasteiger partial charge < -0.3 is 4.57 Å². The molecular weight excluding hydrogens is 295 g/mol.